The third kappa shape index (κ3) is 4.55. The van der Waals surface area contributed by atoms with Gasteiger partial charge in [0.1, 0.15) is 0 Å². The summed E-state index contributed by atoms with van der Waals surface area (Å²) in [6.07, 6.45) is 0. The summed E-state index contributed by atoms with van der Waals surface area (Å²) in [5.41, 5.74) is 2.59. The largest absolute Gasteiger partial charge is 0.367 e. The Hall–Kier alpha value is -2.44. The van der Waals surface area contributed by atoms with Crippen molar-refractivity contribution in [3.63, 3.8) is 0 Å². The predicted molar refractivity (Wildman–Crippen MR) is 106 cm³/mol. The molecule has 0 atom stereocenters. The third-order valence-corrected chi connectivity index (χ3v) is 4.46. The fourth-order valence-electron chi connectivity index (χ4n) is 2.82. The van der Waals surface area contributed by atoms with Gasteiger partial charge < -0.3 is 15.1 Å². The van der Waals surface area contributed by atoms with E-state index in [4.69, 9.17) is 12.2 Å². The van der Waals surface area contributed by atoms with E-state index in [1.54, 1.807) is 12.1 Å². The van der Waals surface area contributed by atoms with Crippen molar-refractivity contribution in [2.24, 2.45) is 0 Å². The smallest absolute Gasteiger partial charge is 0.257 e. The number of carbonyl (C=O) groups excluding carboxylic acids is 1. The van der Waals surface area contributed by atoms with E-state index in [9.17, 15) is 4.79 Å². The van der Waals surface area contributed by atoms with Crippen LogP contribution in [0.15, 0.2) is 54.6 Å². The molecule has 0 unspecified atom stereocenters. The van der Waals surface area contributed by atoms with Crippen LogP contribution in [0.5, 0.6) is 0 Å². The van der Waals surface area contributed by atoms with Gasteiger partial charge in [-0.25, -0.2) is 0 Å². The zero-order valence-electron chi connectivity index (χ0n) is 14.2. The monoisotopic (exact) mass is 354 g/mol. The van der Waals surface area contributed by atoms with Crippen molar-refractivity contribution in [1.29, 1.82) is 0 Å². The summed E-state index contributed by atoms with van der Waals surface area (Å²) < 4.78 is 0. The van der Waals surface area contributed by atoms with Crippen LogP contribution in [0.3, 0.4) is 0 Å². The molecule has 130 valence electrons. The minimum Gasteiger partial charge on any atom is -0.367 e. The third-order valence-electron chi connectivity index (χ3n) is 4.26. The minimum atomic E-state index is -0.213. The van der Waals surface area contributed by atoms with Crippen molar-refractivity contribution in [1.82, 2.24) is 10.2 Å². The first-order valence-electron chi connectivity index (χ1n) is 8.33. The Bertz CT molecular complexity index is 742. The quantitative estimate of drug-likeness (QED) is 0.830. The molecule has 6 heteroatoms. The zero-order valence-corrected chi connectivity index (χ0v) is 15.1. The van der Waals surface area contributed by atoms with E-state index in [2.05, 4.69) is 33.5 Å². The molecule has 1 fully saturated rings. The van der Waals surface area contributed by atoms with E-state index in [1.807, 2.05) is 36.4 Å². The highest BCUT2D eigenvalue weighted by atomic mass is 32.1. The summed E-state index contributed by atoms with van der Waals surface area (Å²) in [4.78, 5) is 16.9. The highest BCUT2D eigenvalue weighted by Gasteiger charge is 2.17. The highest BCUT2D eigenvalue weighted by molar-refractivity contribution is 7.80. The molecule has 0 aromatic heterocycles. The van der Waals surface area contributed by atoms with Crippen LogP contribution < -0.4 is 15.5 Å². The lowest BCUT2D eigenvalue weighted by Crippen LogP contribution is -2.45. The number of hydrogen-bond donors (Lipinski definition) is 2. The maximum atomic E-state index is 12.2. The fourth-order valence-corrected chi connectivity index (χ4v) is 3.02. The van der Waals surface area contributed by atoms with E-state index in [0.29, 0.717) is 10.7 Å². The number of amides is 1. The van der Waals surface area contributed by atoms with Crippen LogP contribution in [-0.2, 0) is 0 Å². The second kappa shape index (κ2) is 8.09. The lowest BCUT2D eigenvalue weighted by molar-refractivity contribution is 0.0977. The molecule has 2 aromatic rings. The number of likely N-dealkylation sites (N-methyl/N-ethyl adjacent to an activating group) is 1. The number of nitrogens with zero attached hydrogens (tertiary/aromatic N) is 2. The number of para-hydroxylation sites is 2. The lowest BCUT2D eigenvalue weighted by atomic mass is 10.2. The molecule has 2 aromatic carbocycles. The molecular formula is C19H22N4OS. The van der Waals surface area contributed by atoms with Crippen molar-refractivity contribution < 1.29 is 4.79 Å². The summed E-state index contributed by atoms with van der Waals surface area (Å²) in [7, 11) is 2.13. The second-order valence-electron chi connectivity index (χ2n) is 6.08. The maximum Gasteiger partial charge on any atom is 0.257 e. The van der Waals surface area contributed by atoms with Crippen LogP contribution in [0.1, 0.15) is 10.4 Å². The molecule has 0 saturated carbocycles. The average Bonchev–Trinajstić information content (AvgIpc) is 2.63. The van der Waals surface area contributed by atoms with Gasteiger partial charge in [0, 0.05) is 31.7 Å². The molecule has 1 amide bonds. The van der Waals surface area contributed by atoms with Crippen LogP contribution in [0, 0.1) is 0 Å². The Morgan fingerprint density at radius 3 is 2.32 bits per heavy atom. The van der Waals surface area contributed by atoms with E-state index in [1.165, 1.54) is 0 Å². The van der Waals surface area contributed by atoms with Crippen molar-refractivity contribution in [2.75, 3.05) is 43.4 Å². The standard InChI is InChI=1S/C19H22N4OS/c1-22-11-13-23(14-12-22)17-10-6-5-9-16(17)20-19(25)21-18(24)15-7-3-2-4-8-15/h2-10H,11-14H2,1H3,(H2,20,21,24,25). The molecule has 1 aliphatic rings. The van der Waals surface area contributed by atoms with Gasteiger partial charge in [-0.3, -0.25) is 10.1 Å². The Balaban J connectivity index is 1.66. The van der Waals surface area contributed by atoms with Crippen LogP contribution in [0.4, 0.5) is 11.4 Å². The number of nitrogens with one attached hydrogen (secondary N) is 2. The van der Waals surface area contributed by atoms with Gasteiger partial charge in [-0.1, -0.05) is 30.3 Å². The van der Waals surface area contributed by atoms with E-state index in [-0.39, 0.29) is 5.91 Å². The van der Waals surface area contributed by atoms with E-state index >= 15 is 0 Å². The molecule has 3 rings (SSSR count). The molecule has 2 N–H and O–H groups in total. The van der Waals surface area contributed by atoms with Crippen molar-refractivity contribution >= 4 is 34.6 Å². The summed E-state index contributed by atoms with van der Waals surface area (Å²) >= 11 is 5.32. The van der Waals surface area contributed by atoms with E-state index in [0.717, 1.165) is 37.6 Å². The fraction of sp³-hybridized carbons (Fsp3) is 0.263. The number of anilines is 2. The average molecular weight is 354 g/mol. The van der Waals surface area contributed by atoms with Crippen LogP contribution in [0.25, 0.3) is 0 Å². The number of piperazine rings is 1. The predicted octanol–water partition coefficient (Wildman–Crippen LogP) is 2.57. The Morgan fingerprint density at radius 2 is 1.60 bits per heavy atom. The van der Waals surface area contributed by atoms with Crippen LogP contribution in [-0.4, -0.2) is 49.1 Å². The van der Waals surface area contributed by atoms with Crippen molar-refractivity contribution in [2.45, 2.75) is 0 Å². The van der Waals surface area contributed by atoms with E-state index < -0.39 is 0 Å². The normalized spacial score (nSPS) is 14.8. The summed E-state index contributed by atoms with van der Waals surface area (Å²) in [6.45, 7) is 4.00. The molecule has 0 bridgehead atoms. The van der Waals surface area contributed by atoms with Gasteiger partial charge in [-0.2, -0.15) is 0 Å². The number of carbonyl (C=O) groups is 1. The van der Waals surface area contributed by atoms with Gasteiger partial charge in [0.15, 0.2) is 5.11 Å². The van der Waals surface area contributed by atoms with Gasteiger partial charge >= 0.3 is 0 Å². The second-order valence-corrected chi connectivity index (χ2v) is 6.49. The first-order chi connectivity index (χ1) is 12.1. The molecule has 0 radical (unpaired) electrons. The van der Waals surface area contributed by atoms with Gasteiger partial charge in [0.2, 0.25) is 0 Å². The summed E-state index contributed by atoms with van der Waals surface area (Å²) in [5.74, 6) is -0.213. The molecule has 1 saturated heterocycles. The highest BCUT2D eigenvalue weighted by Crippen LogP contribution is 2.26. The number of thiocarbonyl (C=S) groups is 1. The Morgan fingerprint density at radius 1 is 0.960 bits per heavy atom. The number of benzene rings is 2. The summed E-state index contributed by atoms with van der Waals surface area (Å²) in [6, 6.07) is 17.1. The Labute approximate surface area is 153 Å². The van der Waals surface area contributed by atoms with Gasteiger partial charge in [0.25, 0.3) is 5.91 Å². The zero-order chi connectivity index (χ0) is 17.6. The SMILES string of the molecule is CN1CCN(c2ccccc2NC(=S)NC(=O)c2ccccc2)CC1. The molecule has 1 heterocycles. The Kier molecular flexibility index (Phi) is 5.63. The van der Waals surface area contributed by atoms with Gasteiger partial charge in [-0.15, -0.1) is 0 Å². The first kappa shape index (κ1) is 17.4. The maximum absolute atomic E-state index is 12.2. The minimum absolute atomic E-state index is 0.213. The molecule has 25 heavy (non-hydrogen) atoms. The van der Waals surface area contributed by atoms with Gasteiger partial charge in [-0.05, 0) is 43.5 Å². The molecular weight excluding hydrogens is 332 g/mol. The molecule has 0 aliphatic carbocycles. The molecule has 5 nitrogen and oxygen atoms in total. The number of rotatable bonds is 3. The van der Waals surface area contributed by atoms with Gasteiger partial charge in [0.05, 0.1) is 11.4 Å². The van der Waals surface area contributed by atoms with Crippen molar-refractivity contribution in [3.8, 4) is 0 Å². The lowest BCUT2D eigenvalue weighted by Gasteiger charge is -2.35. The topological polar surface area (TPSA) is 47.6 Å². The van der Waals surface area contributed by atoms with Crippen molar-refractivity contribution in [3.05, 3.63) is 60.2 Å². The first-order valence-corrected chi connectivity index (χ1v) is 8.74. The number of hydrogen-bond acceptors (Lipinski definition) is 4. The molecule has 1 aliphatic heterocycles. The molecule has 0 spiro atoms. The summed E-state index contributed by atoms with van der Waals surface area (Å²) in [5, 5.41) is 6.20. The van der Waals surface area contributed by atoms with Crippen LogP contribution in [0.2, 0.25) is 0 Å². The van der Waals surface area contributed by atoms with Crippen LogP contribution >= 0.6 is 12.2 Å².